The monoisotopic (exact) mass is 344 g/mol. The van der Waals surface area contributed by atoms with E-state index in [1.165, 1.54) is 11.3 Å². The highest BCUT2D eigenvalue weighted by Gasteiger charge is 2.22. The number of nitrogens with zero attached hydrogens (tertiary/aromatic N) is 2. The number of fused-ring (bicyclic) bond motifs is 1. The van der Waals surface area contributed by atoms with Crippen LogP contribution in [-0.4, -0.2) is 28.3 Å². The topological polar surface area (TPSA) is 84.0 Å². The predicted molar refractivity (Wildman–Crippen MR) is 93.7 cm³/mol. The highest BCUT2D eigenvalue weighted by Crippen LogP contribution is 2.26. The lowest BCUT2D eigenvalue weighted by Crippen LogP contribution is -2.21. The van der Waals surface area contributed by atoms with Gasteiger partial charge < -0.3 is 5.32 Å². The molecule has 6 nitrogen and oxygen atoms in total. The molecule has 0 saturated carbocycles. The number of aryl methyl sites for hydroxylation is 1. The zero-order chi connectivity index (χ0) is 17.3. The maximum atomic E-state index is 12.4. The Labute approximate surface area is 144 Å². The summed E-state index contributed by atoms with van der Waals surface area (Å²) < 4.78 is 0. The fraction of sp³-hybridized carbons (Fsp3) is 0.412. The highest BCUT2D eigenvalue weighted by molar-refractivity contribution is 7.17. The number of carbonyl (C=O) groups excluding carboxylic acids is 2. The first-order chi connectivity index (χ1) is 11.3. The van der Waals surface area contributed by atoms with Gasteiger partial charge >= 0.3 is 0 Å². The fourth-order valence-electron chi connectivity index (χ4n) is 2.47. The molecule has 0 radical (unpaired) electrons. The molecule has 0 fully saturated rings. The number of amides is 2. The van der Waals surface area contributed by atoms with E-state index in [1.807, 2.05) is 6.07 Å². The molecule has 2 amide bonds. The zero-order valence-corrected chi connectivity index (χ0v) is 14.8. The molecule has 2 N–H and O–H groups in total. The molecule has 24 heavy (non-hydrogen) atoms. The van der Waals surface area contributed by atoms with Crippen LogP contribution in [0.25, 0.3) is 0 Å². The lowest BCUT2D eigenvalue weighted by Gasteiger charge is -2.19. The number of carbonyl (C=O) groups is 2. The van der Waals surface area contributed by atoms with Crippen LogP contribution in [0.1, 0.15) is 58.6 Å². The molecule has 2 aromatic rings. The molecule has 0 bridgehead atoms. The van der Waals surface area contributed by atoms with Crippen molar-refractivity contribution in [3.05, 3.63) is 40.2 Å². The lowest BCUT2D eigenvalue weighted by atomic mass is 9.87. The number of aromatic nitrogens is 2. The molecule has 7 heteroatoms. The van der Waals surface area contributed by atoms with Crippen molar-refractivity contribution in [3.8, 4) is 0 Å². The number of hydrogen-bond donors (Lipinski definition) is 2. The van der Waals surface area contributed by atoms with Gasteiger partial charge in [0, 0.05) is 12.7 Å². The average molecular weight is 344 g/mol. The van der Waals surface area contributed by atoms with Crippen LogP contribution in [0.5, 0.6) is 0 Å². The number of hydrogen-bond acceptors (Lipinski definition) is 5. The lowest BCUT2D eigenvalue weighted by molar-refractivity contribution is 0.0958. The summed E-state index contributed by atoms with van der Waals surface area (Å²) in [4.78, 5) is 33.5. The molecule has 1 aliphatic heterocycles. The Bertz CT molecular complexity index is 792. The summed E-state index contributed by atoms with van der Waals surface area (Å²) in [5.41, 5.74) is 2.07. The van der Waals surface area contributed by atoms with Crippen LogP contribution in [0.2, 0.25) is 0 Å². The molecule has 0 saturated heterocycles. The molecule has 3 rings (SSSR count). The van der Waals surface area contributed by atoms with Crippen LogP contribution >= 0.6 is 11.3 Å². The largest absolute Gasteiger partial charge is 0.351 e. The maximum Gasteiger partial charge on any atom is 0.276 e. The minimum atomic E-state index is -0.314. The molecular formula is C17H20N4O2S. The van der Waals surface area contributed by atoms with Crippen molar-refractivity contribution in [2.24, 2.45) is 0 Å². The van der Waals surface area contributed by atoms with Gasteiger partial charge in [-0.3, -0.25) is 19.9 Å². The van der Waals surface area contributed by atoms with Gasteiger partial charge in [-0.15, -0.1) is 0 Å². The van der Waals surface area contributed by atoms with Crippen molar-refractivity contribution in [2.45, 2.75) is 39.0 Å². The van der Waals surface area contributed by atoms with Gasteiger partial charge in [-0.05, 0) is 36.0 Å². The van der Waals surface area contributed by atoms with Crippen LogP contribution < -0.4 is 10.6 Å². The van der Waals surface area contributed by atoms with Gasteiger partial charge in [0.1, 0.15) is 10.6 Å². The van der Waals surface area contributed by atoms with E-state index in [1.54, 1.807) is 12.3 Å². The smallest absolute Gasteiger partial charge is 0.276 e. The molecule has 0 aliphatic carbocycles. The second-order valence-electron chi connectivity index (χ2n) is 6.79. The summed E-state index contributed by atoms with van der Waals surface area (Å²) in [5.74, 6) is -0.432. The number of pyridine rings is 1. The second-order valence-corrected chi connectivity index (χ2v) is 7.79. The third kappa shape index (κ3) is 3.46. The number of rotatable bonds is 2. The second kappa shape index (κ2) is 6.32. The molecule has 0 unspecified atom stereocenters. The van der Waals surface area contributed by atoms with Crippen molar-refractivity contribution in [2.75, 3.05) is 11.9 Å². The van der Waals surface area contributed by atoms with Crippen molar-refractivity contribution >= 4 is 28.3 Å². The van der Waals surface area contributed by atoms with Crippen LogP contribution in [0.4, 0.5) is 5.13 Å². The Morgan fingerprint density at radius 3 is 2.92 bits per heavy atom. The Hall–Kier alpha value is -2.28. The van der Waals surface area contributed by atoms with Crippen molar-refractivity contribution in [1.82, 2.24) is 15.3 Å². The van der Waals surface area contributed by atoms with Crippen molar-refractivity contribution in [3.63, 3.8) is 0 Å². The third-order valence-corrected chi connectivity index (χ3v) is 4.87. The quantitative estimate of drug-likeness (QED) is 0.877. The SMILES string of the molecule is CC(C)(C)c1ccnc(C(=O)Nc2nc3c(s2)C(=O)NCCC3)c1. The first-order valence-corrected chi connectivity index (χ1v) is 8.72. The first kappa shape index (κ1) is 16.6. The first-order valence-electron chi connectivity index (χ1n) is 7.90. The normalized spacial score (nSPS) is 14.5. The molecule has 0 spiro atoms. The third-order valence-electron chi connectivity index (χ3n) is 3.86. The van der Waals surface area contributed by atoms with Gasteiger partial charge in [0.05, 0.1) is 5.69 Å². The van der Waals surface area contributed by atoms with E-state index in [9.17, 15) is 9.59 Å². The van der Waals surface area contributed by atoms with E-state index in [2.05, 4.69) is 41.4 Å². The van der Waals surface area contributed by atoms with Crippen LogP contribution in [0, 0.1) is 0 Å². The van der Waals surface area contributed by atoms with E-state index in [0.717, 1.165) is 24.1 Å². The van der Waals surface area contributed by atoms with Gasteiger partial charge in [0.25, 0.3) is 11.8 Å². The van der Waals surface area contributed by atoms with Crippen LogP contribution in [0.15, 0.2) is 18.3 Å². The van der Waals surface area contributed by atoms with Gasteiger partial charge in [0.2, 0.25) is 0 Å². The maximum absolute atomic E-state index is 12.4. The molecular weight excluding hydrogens is 324 g/mol. The molecule has 0 aromatic carbocycles. The fourth-order valence-corrected chi connectivity index (χ4v) is 3.40. The van der Waals surface area contributed by atoms with Crippen molar-refractivity contribution in [1.29, 1.82) is 0 Å². The summed E-state index contributed by atoms with van der Waals surface area (Å²) in [5, 5.41) is 6.03. The van der Waals surface area contributed by atoms with Gasteiger partial charge in [0.15, 0.2) is 5.13 Å². The number of anilines is 1. The van der Waals surface area contributed by atoms with E-state index in [0.29, 0.717) is 22.2 Å². The Morgan fingerprint density at radius 1 is 1.38 bits per heavy atom. The molecule has 0 atom stereocenters. The summed E-state index contributed by atoms with van der Waals surface area (Å²) >= 11 is 1.21. The van der Waals surface area contributed by atoms with E-state index >= 15 is 0 Å². The zero-order valence-electron chi connectivity index (χ0n) is 14.0. The average Bonchev–Trinajstić information content (AvgIpc) is 2.85. The van der Waals surface area contributed by atoms with E-state index in [4.69, 9.17) is 0 Å². The molecule has 1 aliphatic rings. The van der Waals surface area contributed by atoms with E-state index < -0.39 is 0 Å². The van der Waals surface area contributed by atoms with Crippen LogP contribution in [0.3, 0.4) is 0 Å². The summed E-state index contributed by atoms with van der Waals surface area (Å²) in [6.07, 6.45) is 3.23. The Morgan fingerprint density at radius 2 is 2.17 bits per heavy atom. The summed E-state index contributed by atoms with van der Waals surface area (Å²) in [7, 11) is 0. The molecule has 3 heterocycles. The minimum absolute atomic E-state index is 0.0609. The minimum Gasteiger partial charge on any atom is -0.351 e. The predicted octanol–water partition coefficient (Wildman–Crippen LogP) is 2.76. The van der Waals surface area contributed by atoms with Gasteiger partial charge in [-0.1, -0.05) is 32.1 Å². The number of thiazole rings is 1. The van der Waals surface area contributed by atoms with Gasteiger partial charge in [-0.2, -0.15) is 0 Å². The molecule has 2 aromatic heterocycles. The van der Waals surface area contributed by atoms with Crippen LogP contribution in [-0.2, 0) is 11.8 Å². The Kier molecular flexibility index (Phi) is 4.36. The van der Waals surface area contributed by atoms with E-state index in [-0.39, 0.29) is 17.2 Å². The molecule has 126 valence electrons. The summed E-state index contributed by atoms with van der Waals surface area (Å²) in [6.45, 7) is 6.91. The van der Waals surface area contributed by atoms with Crippen molar-refractivity contribution < 1.29 is 9.59 Å². The standard InChI is InChI=1S/C17H20N4O2S/c1-17(2,3)10-6-8-18-12(9-10)14(22)21-16-20-11-5-4-7-19-15(23)13(11)24-16/h6,8-9H,4-5,7H2,1-3H3,(H,19,23)(H,20,21,22). The van der Waals surface area contributed by atoms with Gasteiger partial charge in [-0.25, -0.2) is 4.98 Å². The number of nitrogens with one attached hydrogen (secondary N) is 2. The summed E-state index contributed by atoms with van der Waals surface area (Å²) in [6, 6.07) is 3.70. The highest BCUT2D eigenvalue weighted by atomic mass is 32.1. The Balaban J connectivity index is 1.81.